The lowest BCUT2D eigenvalue weighted by atomic mass is 10.1. The number of halogens is 1. The predicted octanol–water partition coefficient (Wildman–Crippen LogP) is 4.44. The van der Waals surface area contributed by atoms with Crippen LogP contribution in [0.4, 0.5) is 11.4 Å². The number of hydrogen-bond donors (Lipinski definition) is 0. The van der Waals surface area contributed by atoms with Crippen molar-refractivity contribution in [2.45, 2.75) is 24.3 Å². The molecule has 1 fully saturated rings. The molecule has 0 aliphatic carbocycles. The molecule has 2 heterocycles. The molecule has 5 rings (SSSR count). The Morgan fingerprint density at radius 2 is 1.65 bits per heavy atom. The molecule has 34 heavy (non-hydrogen) atoms. The summed E-state index contributed by atoms with van der Waals surface area (Å²) in [6, 6.07) is 21.4. The highest BCUT2D eigenvalue weighted by atomic mass is 35.5. The monoisotopic (exact) mass is 495 g/mol. The SMILES string of the molecule is C[C@H]1Cc2cc(C(=O)N3CCN(c4cccc(Cl)c4)CC3)ccc2N1S(=O)(=O)c1ccccc1. The molecule has 176 valence electrons. The first kappa shape index (κ1) is 22.7. The van der Waals surface area contributed by atoms with E-state index in [0.29, 0.717) is 35.8 Å². The Hall–Kier alpha value is -3.03. The van der Waals surface area contributed by atoms with Gasteiger partial charge in [0.2, 0.25) is 0 Å². The van der Waals surface area contributed by atoms with Gasteiger partial charge in [0.25, 0.3) is 15.9 Å². The Balaban J connectivity index is 1.32. The number of hydrogen-bond acceptors (Lipinski definition) is 4. The van der Waals surface area contributed by atoms with Gasteiger partial charge in [0.05, 0.1) is 10.6 Å². The summed E-state index contributed by atoms with van der Waals surface area (Å²) < 4.78 is 28.0. The summed E-state index contributed by atoms with van der Waals surface area (Å²) >= 11 is 6.12. The van der Waals surface area contributed by atoms with E-state index in [4.69, 9.17) is 11.6 Å². The van der Waals surface area contributed by atoms with Crippen LogP contribution in [0.5, 0.6) is 0 Å². The molecule has 3 aromatic carbocycles. The molecule has 1 saturated heterocycles. The topological polar surface area (TPSA) is 60.9 Å². The number of nitrogens with zero attached hydrogens (tertiary/aromatic N) is 3. The summed E-state index contributed by atoms with van der Waals surface area (Å²) in [5, 5.41) is 0.701. The van der Waals surface area contributed by atoms with Crippen LogP contribution >= 0.6 is 11.6 Å². The average Bonchev–Trinajstić information content (AvgIpc) is 3.20. The van der Waals surface area contributed by atoms with E-state index in [0.717, 1.165) is 24.3 Å². The van der Waals surface area contributed by atoms with Crippen LogP contribution in [0.3, 0.4) is 0 Å². The summed E-state index contributed by atoms with van der Waals surface area (Å²) in [7, 11) is -3.67. The molecule has 0 aromatic heterocycles. The van der Waals surface area contributed by atoms with Crippen LogP contribution in [0, 0.1) is 0 Å². The molecule has 0 unspecified atom stereocenters. The van der Waals surface area contributed by atoms with Gasteiger partial charge in [0.1, 0.15) is 0 Å². The highest BCUT2D eigenvalue weighted by Crippen LogP contribution is 2.37. The van der Waals surface area contributed by atoms with Crippen molar-refractivity contribution in [2.75, 3.05) is 35.4 Å². The molecule has 1 amide bonds. The van der Waals surface area contributed by atoms with Gasteiger partial charge in [0, 0.05) is 48.5 Å². The lowest BCUT2D eigenvalue weighted by molar-refractivity contribution is 0.0746. The Morgan fingerprint density at radius 3 is 2.35 bits per heavy atom. The fourth-order valence-corrected chi connectivity index (χ4v) is 6.73. The lowest BCUT2D eigenvalue weighted by Crippen LogP contribution is -2.48. The number of amides is 1. The third kappa shape index (κ3) is 4.14. The van der Waals surface area contributed by atoms with Crippen molar-refractivity contribution in [1.82, 2.24) is 4.90 Å². The number of carbonyl (C=O) groups is 1. The molecule has 1 atom stereocenters. The highest BCUT2D eigenvalue weighted by Gasteiger charge is 2.36. The number of benzene rings is 3. The molecule has 2 aliphatic heterocycles. The Bertz CT molecular complexity index is 1320. The van der Waals surface area contributed by atoms with Crippen molar-refractivity contribution in [3.63, 3.8) is 0 Å². The second kappa shape index (κ2) is 8.96. The molecule has 2 aliphatic rings. The first-order chi connectivity index (χ1) is 16.3. The zero-order chi connectivity index (χ0) is 23.9. The van der Waals surface area contributed by atoms with Crippen LogP contribution in [0.25, 0.3) is 0 Å². The van der Waals surface area contributed by atoms with Crippen molar-refractivity contribution >= 4 is 38.9 Å². The van der Waals surface area contributed by atoms with E-state index in [1.165, 1.54) is 4.31 Å². The number of rotatable bonds is 4. The molecular weight excluding hydrogens is 470 g/mol. The maximum absolute atomic E-state index is 13.3. The van der Waals surface area contributed by atoms with Crippen LogP contribution in [0.2, 0.25) is 5.02 Å². The van der Waals surface area contributed by atoms with E-state index >= 15 is 0 Å². The Kier molecular flexibility index (Phi) is 6.00. The van der Waals surface area contributed by atoms with Crippen molar-refractivity contribution < 1.29 is 13.2 Å². The smallest absolute Gasteiger partial charge is 0.264 e. The number of piperazine rings is 1. The summed E-state index contributed by atoms with van der Waals surface area (Å²) in [6.07, 6.45) is 0.574. The molecule has 8 heteroatoms. The summed E-state index contributed by atoms with van der Waals surface area (Å²) in [6.45, 7) is 4.60. The molecule has 0 bridgehead atoms. The van der Waals surface area contributed by atoms with Crippen LogP contribution in [0.15, 0.2) is 77.7 Å². The third-order valence-corrected chi connectivity index (χ3v) is 8.70. The highest BCUT2D eigenvalue weighted by molar-refractivity contribution is 7.92. The molecule has 0 N–H and O–H groups in total. The standard InChI is InChI=1S/C26H26ClN3O3S/c1-19-16-21-17-20(10-11-25(21)30(19)34(32,33)24-8-3-2-4-9-24)26(31)29-14-12-28(13-15-29)23-7-5-6-22(27)18-23/h2-11,17-19H,12-16H2,1H3/t19-/m0/s1. The van der Waals surface area contributed by atoms with Crippen LogP contribution in [0.1, 0.15) is 22.8 Å². The van der Waals surface area contributed by atoms with Crippen LogP contribution < -0.4 is 9.21 Å². The summed E-state index contributed by atoms with van der Waals surface area (Å²) in [5.41, 5.74) is 3.20. The molecule has 3 aromatic rings. The maximum Gasteiger partial charge on any atom is 0.264 e. The largest absolute Gasteiger partial charge is 0.368 e. The summed E-state index contributed by atoms with van der Waals surface area (Å²) in [5.74, 6) is -0.0226. The first-order valence-corrected chi connectivity index (χ1v) is 13.2. The van der Waals surface area contributed by atoms with Gasteiger partial charge >= 0.3 is 0 Å². The van der Waals surface area contributed by atoms with Gasteiger partial charge < -0.3 is 9.80 Å². The zero-order valence-electron chi connectivity index (χ0n) is 18.9. The third-order valence-electron chi connectivity index (χ3n) is 6.52. The first-order valence-electron chi connectivity index (χ1n) is 11.4. The van der Waals surface area contributed by atoms with Crippen molar-refractivity contribution in [3.05, 3.63) is 88.9 Å². The van der Waals surface area contributed by atoms with E-state index in [1.807, 2.05) is 42.2 Å². The van der Waals surface area contributed by atoms with Gasteiger partial charge in [-0.05, 0) is 67.4 Å². The minimum atomic E-state index is -3.67. The van der Waals surface area contributed by atoms with Gasteiger partial charge in [-0.25, -0.2) is 8.42 Å². The Labute approximate surface area is 205 Å². The van der Waals surface area contributed by atoms with Gasteiger partial charge in [0.15, 0.2) is 0 Å². The van der Waals surface area contributed by atoms with Crippen molar-refractivity contribution in [1.29, 1.82) is 0 Å². The van der Waals surface area contributed by atoms with E-state index in [2.05, 4.69) is 4.90 Å². The quantitative estimate of drug-likeness (QED) is 0.536. The summed E-state index contributed by atoms with van der Waals surface area (Å²) in [4.78, 5) is 17.6. The van der Waals surface area contributed by atoms with Crippen LogP contribution in [-0.2, 0) is 16.4 Å². The average molecular weight is 496 g/mol. The molecule has 6 nitrogen and oxygen atoms in total. The second-order valence-electron chi connectivity index (χ2n) is 8.77. The zero-order valence-corrected chi connectivity index (χ0v) is 20.5. The molecular formula is C26H26ClN3O3S. The van der Waals surface area contributed by atoms with Gasteiger partial charge in [-0.15, -0.1) is 0 Å². The van der Waals surface area contributed by atoms with E-state index < -0.39 is 10.0 Å². The fraction of sp³-hybridized carbons (Fsp3) is 0.269. The molecule has 0 saturated carbocycles. The van der Waals surface area contributed by atoms with Gasteiger partial charge in [-0.1, -0.05) is 35.9 Å². The molecule has 0 radical (unpaired) electrons. The van der Waals surface area contributed by atoms with E-state index in [-0.39, 0.29) is 16.8 Å². The predicted molar refractivity (Wildman–Crippen MR) is 135 cm³/mol. The van der Waals surface area contributed by atoms with Gasteiger partial charge in [-0.2, -0.15) is 0 Å². The number of fused-ring (bicyclic) bond motifs is 1. The number of anilines is 2. The fourth-order valence-electron chi connectivity index (χ4n) is 4.83. The lowest BCUT2D eigenvalue weighted by Gasteiger charge is -2.36. The minimum absolute atomic E-state index is 0.0226. The van der Waals surface area contributed by atoms with Crippen molar-refractivity contribution in [2.24, 2.45) is 0 Å². The Morgan fingerprint density at radius 1 is 0.912 bits per heavy atom. The molecule has 0 spiro atoms. The minimum Gasteiger partial charge on any atom is -0.368 e. The van der Waals surface area contributed by atoms with E-state index in [1.54, 1.807) is 42.5 Å². The number of sulfonamides is 1. The second-order valence-corrected chi connectivity index (χ2v) is 11.0. The maximum atomic E-state index is 13.3. The van der Waals surface area contributed by atoms with Gasteiger partial charge in [-0.3, -0.25) is 9.10 Å². The van der Waals surface area contributed by atoms with E-state index in [9.17, 15) is 13.2 Å². The normalized spacial score (nSPS) is 18.2. The van der Waals surface area contributed by atoms with Crippen molar-refractivity contribution in [3.8, 4) is 0 Å². The number of carbonyl (C=O) groups excluding carboxylic acids is 1. The van der Waals surface area contributed by atoms with Crippen LogP contribution in [-0.4, -0.2) is 51.4 Å².